The van der Waals surface area contributed by atoms with Crippen LogP contribution < -0.4 is 16.0 Å². The molecule has 24 heavy (non-hydrogen) atoms. The quantitative estimate of drug-likeness (QED) is 0.259. The third-order valence-electron chi connectivity index (χ3n) is 3.89. The molecule has 0 radical (unpaired) electrons. The maximum absolute atomic E-state index is 11.5. The number of anilines is 1. The molecule has 1 aliphatic rings. The Balaban J connectivity index is 2.03. The van der Waals surface area contributed by atoms with E-state index in [0.717, 1.165) is 5.56 Å². The SMILES string of the molecule is C=C(C)C(=O)OCCc1ccc(OC2=BC(=O)C2(C)C)c(NN)c1. The van der Waals surface area contributed by atoms with Gasteiger partial charge in [-0.3, -0.25) is 0 Å². The second kappa shape index (κ2) is 7.01. The first-order valence-corrected chi connectivity index (χ1v) is 7.62. The van der Waals surface area contributed by atoms with Gasteiger partial charge in [-0.1, -0.05) is 0 Å². The van der Waals surface area contributed by atoms with Crippen molar-refractivity contribution in [1.82, 2.24) is 0 Å². The van der Waals surface area contributed by atoms with E-state index in [1.165, 1.54) is 6.92 Å². The van der Waals surface area contributed by atoms with Crippen LogP contribution in [0.2, 0.25) is 0 Å². The van der Waals surface area contributed by atoms with E-state index in [4.69, 9.17) is 15.3 Å². The van der Waals surface area contributed by atoms with E-state index < -0.39 is 11.4 Å². The second-order valence-corrected chi connectivity index (χ2v) is 6.24. The van der Waals surface area contributed by atoms with Crippen molar-refractivity contribution < 1.29 is 19.1 Å². The molecule has 1 aromatic carbocycles. The van der Waals surface area contributed by atoms with Gasteiger partial charge < -0.3 is 0 Å². The van der Waals surface area contributed by atoms with Crippen molar-refractivity contribution in [2.45, 2.75) is 27.2 Å². The average Bonchev–Trinajstić information content (AvgIpc) is 2.55. The molecule has 6 nitrogen and oxygen atoms in total. The van der Waals surface area contributed by atoms with Crippen LogP contribution in [0.25, 0.3) is 0 Å². The fraction of sp³-hybridized carbons (Fsp3) is 0.353. The number of hydrogen-bond acceptors (Lipinski definition) is 6. The van der Waals surface area contributed by atoms with Crippen LogP contribution in [0.3, 0.4) is 0 Å². The Morgan fingerprint density at radius 3 is 2.67 bits per heavy atom. The number of rotatable bonds is 7. The molecule has 2 rings (SSSR count). The van der Waals surface area contributed by atoms with E-state index in [1.54, 1.807) is 13.0 Å². The van der Waals surface area contributed by atoms with Crippen LogP contribution in [0, 0.1) is 5.41 Å². The van der Waals surface area contributed by atoms with Crippen molar-refractivity contribution in [3.63, 3.8) is 0 Å². The van der Waals surface area contributed by atoms with Gasteiger partial charge in [-0.25, -0.2) is 0 Å². The fourth-order valence-corrected chi connectivity index (χ4v) is 2.12. The molecule has 0 aliphatic carbocycles. The van der Waals surface area contributed by atoms with Crippen LogP contribution in [0.1, 0.15) is 26.3 Å². The van der Waals surface area contributed by atoms with Crippen LogP contribution in [0.5, 0.6) is 5.75 Å². The van der Waals surface area contributed by atoms with Gasteiger partial charge in [0.2, 0.25) is 0 Å². The third-order valence-corrected chi connectivity index (χ3v) is 3.89. The molecule has 0 unspecified atom stereocenters. The summed E-state index contributed by atoms with van der Waals surface area (Å²) in [6, 6.07) is 5.45. The van der Waals surface area contributed by atoms with Crippen molar-refractivity contribution in [2.75, 3.05) is 12.0 Å². The van der Waals surface area contributed by atoms with Crippen LogP contribution in [0.15, 0.2) is 30.4 Å². The van der Waals surface area contributed by atoms with E-state index in [-0.39, 0.29) is 12.3 Å². The number of hydrogen-bond donors (Lipinski definition) is 2. The standard InChI is InChI=1S/C17H21BN2O4/c1-10(2)14(21)23-8-7-11-5-6-13(12(9-11)20-19)24-16-17(3,4)15(22)18-16/h5-6,9,20H,1,7-8,19H2,2-4H3. The van der Waals surface area contributed by atoms with Crippen molar-refractivity contribution in [3.05, 3.63) is 35.9 Å². The third kappa shape index (κ3) is 3.73. The van der Waals surface area contributed by atoms with E-state index in [0.29, 0.717) is 29.1 Å². The normalized spacial score (nSPS) is 14.8. The van der Waals surface area contributed by atoms with Crippen molar-refractivity contribution in [3.8, 4) is 5.75 Å². The first kappa shape index (κ1) is 17.9. The molecule has 0 atom stereocenters. The number of carbonyl (C=O) groups is 2. The molecule has 0 bridgehead atoms. The van der Waals surface area contributed by atoms with Gasteiger partial charge in [-0.2, -0.15) is 0 Å². The number of ether oxygens (including phenoxy) is 2. The van der Waals surface area contributed by atoms with Crippen LogP contribution in [-0.2, 0) is 20.7 Å². The molecule has 1 aromatic rings. The Morgan fingerprint density at radius 1 is 1.42 bits per heavy atom. The topological polar surface area (TPSA) is 90.6 Å². The average molecular weight is 328 g/mol. The summed E-state index contributed by atoms with van der Waals surface area (Å²) in [6.45, 7) is 10.5. The summed E-state index contributed by atoms with van der Waals surface area (Å²) in [5.41, 5.74) is 4.51. The van der Waals surface area contributed by atoms with Gasteiger partial charge >= 0.3 is 141 Å². The van der Waals surface area contributed by atoms with Crippen molar-refractivity contribution >= 4 is 29.9 Å². The van der Waals surface area contributed by atoms with Crippen LogP contribution >= 0.6 is 0 Å². The monoisotopic (exact) mass is 328 g/mol. The molecule has 1 heterocycles. The summed E-state index contributed by atoms with van der Waals surface area (Å²) >= 11 is 0. The second-order valence-electron chi connectivity index (χ2n) is 6.24. The fourth-order valence-electron chi connectivity index (χ4n) is 2.12. The maximum atomic E-state index is 11.5. The Morgan fingerprint density at radius 2 is 2.12 bits per heavy atom. The Hall–Kier alpha value is -2.41. The molecule has 0 amide bonds. The Labute approximate surface area is 141 Å². The first-order valence-electron chi connectivity index (χ1n) is 7.62. The summed E-state index contributed by atoms with van der Waals surface area (Å²) in [4.78, 5) is 22.9. The number of hydrazine groups is 1. The molecule has 0 aromatic heterocycles. The van der Waals surface area contributed by atoms with Crippen LogP contribution in [0.4, 0.5) is 5.69 Å². The number of esters is 1. The molecule has 0 fully saturated rings. The van der Waals surface area contributed by atoms with Gasteiger partial charge in [0.25, 0.3) is 0 Å². The summed E-state index contributed by atoms with van der Waals surface area (Å²) in [6.07, 6.45) is 0.542. The molecule has 0 spiro atoms. The van der Waals surface area contributed by atoms with Gasteiger partial charge in [0, 0.05) is 0 Å². The summed E-state index contributed by atoms with van der Waals surface area (Å²) < 4.78 is 10.9. The number of nitrogens with two attached hydrogens (primary N) is 1. The van der Waals surface area contributed by atoms with Crippen LogP contribution in [-0.4, -0.2) is 30.8 Å². The zero-order chi connectivity index (χ0) is 17.9. The van der Waals surface area contributed by atoms with Crippen molar-refractivity contribution in [1.29, 1.82) is 0 Å². The minimum absolute atomic E-state index is 0.0377. The van der Waals surface area contributed by atoms with E-state index in [9.17, 15) is 9.59 Å². The summed E-state index contributed by atoms with van der Waals surface area (Å²) in [5.74, 6) is 5.68. The molecular weight excluding hydrogens is 307 g/mol. The molecule has 1 aliphatic heterocycles. The van der Waals surface area contributed by atoms with E-state index >= 15 is 0 Å². The van der Waals surface area contributed by atoms with Gasteiger partial charge in [0.1, 0.15) is 0 Å². The molecule has 126 valence electrons. The number of benzene rings is 1. The van der Waals surface area contributed by atoms with E-state index in [2.05, 4.69) is 12.0 Å². The first-order chi connectivity index (χ1) is 11.3. The Bertz CT molecular complexity index is 725. The minimum atomic E-state index is -0.610. The molecule has 7 heteroatoms. The predicted molar refractivity (Wildman–Crippen MR) is 93.9 cm³/mol. The van der Waals surface area contributed by atoms with Gasteiger partial charge in [0.15, 0.2) is 0 Å². The molecular formula is C17H21BN2O4. The van der Waals surface area contributed by atoms with Gasteiger partial charge in [-0.15, -0.1) is 0 Å². The predicted octanol–water partition coefficient (Wildman–Crippen LogP) is 1.41. The zero-order valence-corrected chi connectivity index (χ0v) is 14.1. The molecule has 0 saturated carbocycles. The summed E-state index contributed by atoms with van der Waals surface area (Å²) in [7, 11) is 0. The molecule has 0 saturated heterocycles. The van der Waals surface area contributed by atoms with Gasteiger partial charge in [0.05, 0.1) is 0 Å². The van der Waals surface area contributed by atoms with Crippen molar-refractivity contribution in [2.24, 2.45) is 11.3 Å². The number of nitrogens with one attached hydrogen (secondary N) is 1. The summed E-state index contributed by atoms with van der Waals surface area (Å²) in [5, 5.41) is 0. The number of nitrogen functional groups attached to an aromatic ring is 1. The van der Waals surface area contributed by atoms with E-state index in [1.807, 2.05) is 26.0 Å². The zero-order valence-electron chi connectivity index (χ0n) is 14.1. The molecule has 3 N–H and O–H groups in total. The number of carbonyl (C=O) groups excluding carboxylic acids is 2. The van der Waals surface area contributed by atoms with Gasteiger partial charge in [-0.05, 0) is 0 Å². The Kier molecular flexibility index (Phi) is 5.24.